The second-order valence-corrected chi connectivity index (χ2v) is 4.57. The summed E-state index contributed by atoms with van der Waals surface area (Å²) in [4.78, 5) is 4.14. The number of ether oxygens (including phenoxy) is 2. The van der Waals surface area contributed by atoms with Gasteiger partial charge in [0, 0.05) is 32.9 Å². The summed E-state index contributed by atoms with van der Waals surface area (Å²) >= 11 is 5.78. The van der Waals surface area contributed by atoms with Crippen molar-refractivity contribution in [2.75, 3.05) is 37.9 Å². The number of methoxy groups -OCH3 is 1. The molecular formula is C11H16ClN3O2. The van der Waals surface area contributed by atoms with Crippen LogP contribution in [0.4, 0.5) is 11.5 Å². The second kappa shape index (κ2) is 5.08. The van der Waals surface area contributed by atoms with E-state index in [1.807, 2.05) is 0 Å². The second-order valence-electron chi connectivity index (χ2n) is 4.13. The lowest BCUT2D eigenvalue weighted by Crippen LogP contribution is -2.39. The first-order chi connectivity index (χ1) is 8.15. The molecule has 3 N–H and O–H groups in total. The van der Waals surface area contributed by atoms with Crippen LogP contribution in [-0.2, 0) is 9.47 Å². The number of hydrogen-bond acceptors (Lipinski definition) is 5. The number of nitrogens with zero attached hydrogens (tertiary/aromatic N) is 1. The van der Waals surface area contributed by atoms with Crippen molar-refractivity contribution in [2.24, 2.45) is 0 Å². The molecule has 1 aliphatic heterocycles. The highest BCUT2D eigenvalue weighted by atomic mass is 35.5. The number of halogens is 1. The average Bonchev–Trinajstić information content (AvgIpc) is 2.77. The minimum absolute atomic E-state index is 0.284. The summed E-state index contributed by atoms with van der Waals surface area (Å²) in [7, 11) is 1.69. The first-order valence-electron chi connectivity index (χ1n) is 5.43. The summed E-state index contributed by atoms with van der Waals surface area (Å²) in [6, 6.07) is 1.67. The van der Waals surface area contributed by atoms with Crippen molar-refractivity contribution in [3.63, 3.8) is 0 Å². The van der Waals surface area contributed by atoms with E-state index in [9.17, 15) is 0 Å². The smallest absolute Gasteiger partial charge is 0.149 e. The molecule has 1 atom stereocenters. The van der Waals surface area contributed by atoms with Gasteiger partial charge < -0.3 is 20.5 Å². The molecule has 0 aliphatic carbocycles. The Balaban J connectivity index is 2.01. The molecule has 2 rings (SSSR count). The van der Waals surface area contributed by atoms with E-state index in [0.717, 1.165) is 13.0 Å². The van der Waals surface area contributed by atoms with Crippen LogP contribution < -0.4 is 11.1 Å². The lowest BCUT2D eigenvalue weighted by molar-refractivity contribution is -0.00624. The zero-order valence-corrected chi connectivity index (χ0v) is 10.5. The molecule has 94 valence electrons. The summed E-state index contributed by atoms with van der Waals surface area (Å²) in [6.45, 7) is 1.92. The van der Waals surface area contributed by atoms with Gasteiger partial charge in [-0.25, -0.2) is 4.98 Å². The molecule has 0 spiro atoms. The number of hydrogen-bond donors (Lipinski definition) is 2. The van der Waals surface area contributed by atoms with E-state index in [1.165, 1.54) is 0 Å². The van der Waals surface area contributed by atoms with E-state index in [0.29, 0.717) is 29.7 Å². The van der Waals surface area contributed by atoms with Crippen molar-refractivity contribution < 1.29 is 9.47 Å². The van der Waals surface area contributed by atoms with Gasteiger partial charge in [-0.1, -0.05) is 11.6 Å². The van der Waals surface area contributed by atoms with E-state index in [4.69, 9.17) is 26.8 Å². The number of nitrogens with one attached hydrogen (secondary N) is 1. The van der Waals surface area contributed by atoms with Crippen LogP contribution in [0.2, 0.25) is 5.02 Å². The SMILES string of the molecule is COC1(CNc2ncc(Cl)cc2N)CCOC1. The predicted octanol–water partition coefficient (Wildman–Crippen LogP) is 1.53. The predicted molar refractivity (Wildman–Crippen MR) is 67.3 cm³/mol. The highest BCUT2D eigenvalue weighted by molar-refractivity contribution is 6.30. The number of anilines is 2. The fourth-order valence-corrected chi connectivity index (χ4v) is 1.97. The summed E-state index contributed by atoms with van der Waals surface area (Å²) < 4.78 is 10.9. The molecule has 5 nitrogen and oxygen atoms in total. The van der Waals surface area contributed by atoms with Crippen LogP contribution in [0.15, 0.2) is 12.3 Å². The van der Waals surface area contributed by atoms with Crippen LogP contribution in [0.5, 0.6) is 0 Å². The Bertz CT molecular complexity index is 394. The van der Waals surface area contributed by atoms with Crippen molar-refractivity contribution in [2.45, 2.75) is 12.0 Å². The Kier molecular flexibility index (Phi) is 3.71. The largest absolute Gasteiger partial charge is 0.396 e. The maximum Gasteiger partial charge on any atom is 0.149 e. The molecule has 6 heteroatoms. The minimum Gasteiger partial charge on any atom is -0.396 e. The molecule has 1 unspecified atom stereocenters. The topological polar surface area (TPSA) is 69.4 Å². The first kappa shape index (κ1) is 12.4. The number of rotatable bonds is 4. The molecule has 0 aromatic carbocycles. The first-order valence-corrected chi connectivity index (χ1v) is 5.81. The lowest BCUT2D eigenvalue weighted by atomic mass is 10.0. The third-order valence-corrected chi connectivity index (χ3v) is 3.17. The van der Waals surface area contributed by atoms with E-state index < -0.39 is 0 Å². The molecule has 2 heterocycles. The Morgan fingerprint density at radius 3 is 3.12 bits per heavy atom. The summed E-state index contributed by atoms with van der Waals surface area (Å²) in [5, 5.41) is 3.70. The molecule has 1 fully saturated rings. The van der Waals surface area contributed by atoms with Crippen LogP contribution in [-0.4, -0.2) is 37.5 Å². The highest BCUT2D eigenvalue weighted by Crippen LogP contribution is 2.25. The maximum absolute atomic E-state index is 5.81. The van der Waals surface area contributed by atoms with Crippen molar-refractivity contribution in [1.82, 2.24) is 4.98 Å². The Labute approximate surface area is 105 Å². The molecule has 1 saturated heterocycles. The van der Waals surface area contributed by atoms with Gasteiger partial charge >= 0.3 is 0 Å². The van der Waals surface area contributed by atoms with Crippen LogP contribution in [0.3, 0.4) is 0 Å². The number of nitrogen functional groups attached to an aromatic ring is 1. The van der Waals surface area contributed by atoms with Gasteiger partial charge in [0.1, 0.15) is 11.4 Å². The zero-order valence-electron chi connectivity index (χ0n) is 9.70. The standard InChI is InChI=1S/C11H16ClN3O2/c1-16-11(2-3-17-7-11)6-15-10-9(13)4-8(12)5-14-10/h4-5H,2-3,6-7,13H2,1H3,(H,14,15). The fraction of sp³-hybridized carbons (Fsp3) is 0.545. The van der Waals surface area contributed by atoms with E-state index in [-0.39, 0.29) is 5.60 Å². The van der Waals surface area contributed by atoms with Gasteiger partial charge in [-0.05, 0) is 6.07 Å². The molecule has 1 aromatic rings. The molecule has 1 aliphatic rings. The summed E-state index contributed by atoms with van der Waals surface area (Å²) in [6.07, 6.45) is 2.43. The third kappa shape index (κ3) is 2.80. The Hall–Kier alpha value is -1.04. The van der Waals surface area contributed by atoms with Crippen LogP contribution in [0.1, 0.15) is 6.42 Å². The average molecular weight is 258 g/mol. The number of pyridine rings is 1. The van der Waals surface area contributed by atoms with Gasteiger partial charge in [0.15, 0.2) is 0 Å². The van der Waals surface area contributed by atoms with Crippen LogP contribution in [0.25, 0.3) is 0 Å². The normalized spacial score (nSPS) is 23.9. The lowest BCUT2D eigenvalue weighted by Gasteiger charge is -2.26. The van der Waals surface area contributed by atoms with Crippen molar-refractivity contribution >= 4 is 23.1 Å². The minimum atomic E-state index is -0.284. The Morgan fingerprint density at radius 2 is 2.53 bits per heavy atom. The van der Waals surface area contributed by atoms with Crippen LogP contribution in [0, 0.1) is 0 Å². The third-order valence-electron chi connectivity index (χ3n) is 2.96. The van der Waals surface area contributed by atoms with Gasteiger partial charge in [-0.3, -0.25) is 0 Å². The van der Waals surface area contributed by atoms with E-state index >= 15 is 0 Å². The molecular weight excluding hydrogens is 242 g/mol. The molecule has 0 saturated carbocycles. The molecule has 17 heavy (non-hydrogen) atoms. The van der Waals surface area contributed by atoms with Gasteiger partial charge in [0.25, 0.3) is 0 Å². The molecule has 0 radical (unpaired) electrons. The van der Waals surface area contributed by atoms with Crippen molar-refractivity contribution in [1.29, 1.82) is 0 Å². The van der Waals surface area contributed by atoms with Gasteiger partial charge in [-0.2, -0.15) is 0 Å². The number of nitrogens with two attached hydrogens (primary N) is 1. The Morgan fingerprint density at radius 1 is 1.71 bits per heavy atom. The monoisotopic (exact) mass is 257 g/mol. The maximum atomic E-state index is 5.81. The molecule has 0 amide bonds. The highest BCUT2D eigenvalue weighted by Gasteiger charge is 2.34. The van der Waals surface area contributed by atoms with E-state index in [1.54, 1.807) is 19.4 Å². The zero-order chi connectivity index (χ0) is 12.3. The quantitative estimate of drug-likeness (QED) is 0.856. The molecule has 0 bridgehead atoms. The van der Waals surface area contributed by atoms with Gasteiger partial charge in [-0.15, -0.1) is 0 Å². The van der Waals surface area contributed by atoms with Crippen molar-refractivity contribution in [3.05, 3.63) is 17.3 Å². The van der Waals surface area contributed by atoms with Gasteiger partial charge in [0.2, 0.25) is 0 Å². The van der Waals surface area contributed by atoms with E-state index in [2.05, 4.69) is 10.3 Å². The molecule has 1 aromatic heterocycles. The van der Waals surface area contributed by atoms with Crippen LogP contribution >= 0.6 is 11.6 Å². The summed E-state index contributed by atoms with van der Waals surface area (Å²) in [5.41, 5.74) is 6.06. The number of aromatic nitrogens is 1. The summed E-state index contributed by atoms with van der Waals surface area (Å²) in [5.74, 6) is 0.623. The fourth-order valence-electron chi connectivity index (χ4n) is 1.81. The van der Waals surface area contributed by atoms with Gasteiger partial charge in [0.05, 0.1) is 17.3 Å². The van der Waals surface area contributed by atoms with Crippen molar-refractivity contribution in [3.8, 4) is 0 Å².